The van der Waals surface area contributed by atoms with Crippen molar-refractivity contribution in [3.8, 4) is 0 Å². The Kier molecular flexibility index (Phi) is 6.61. The highest BCUT2D eigenvalue weighted by Gasteiger charge is 2.30. The molecule has 0 saturated carbocycles. The molecule has 0 aliphatic carbocycles. The first-order chi connectivity index (χ1) is 13.1. The second-order valence-corrected chi connectivity index (χ2v) is 7.85. The van der Waals surface area contributed by atoms with E-state index >= 15 is 0 Å². The molecule has 0 aliphatic rings. The molecule has 2 N–H and O–H groups in total. The van der Waals surface area contributed by atoms with E-state index in [0.29, 0.717) is 16.5 Å². The molecule has 1 aromatic heterocycles. The lowest BCUT2D eigenvalue weighted by Gasteiger charge is -2.28. The molecule has 2 aromatic carbocycles. The molecule has 0 saturated heterocycles. The summed E-state index contributed by atoms with van der Waals surface area (Å²) < 4.78 is 0. The first-order valence-electron chi connectivity index (χ1n) is 8.74. The van der Waals surface area contributed by atoms with Gasteiger partial charge in [-0.3, -0.25) is 10.0 Å². The van der Waals surface area contributed by atoms with Crippen LogP contribution in [0.25, 0.3) is 0 Å². The molecular weight excluding hydrogens is 380 g/mol. The standard InChI is InChI=1S/C21H21ClN2O2S/c1-14(15-7-9-17(22)10-8-15)18(16-5-3-2-4-6-16)13-19(20(25)24-26)21-23-11-12-27-21/h2-12,14,18-19,26H,13H2,1H3,(H,24,25). The zero-order valence-corrected chi connectivity index (χ0v) is 16.5. The van der Waals surface area contributed by atoms with Crippen LogP contribution in [-0.2, 0) is 4.79 Å². The highest BCUT2D eigenvalue weighted by atomic mass is 35.5. The summed E-state index contributed by atoms with van der Waals surface area (Å²) in [6.07, 6.45) is 2.21. The van der Waals surface area contributed by atoms with Gasteiger partial charge in [-0.2, -0.15) is 0 Å². The molecule has 4 nitrogen and oxygen atoms in total. The summed E-state index contributed by atoms with van der Waals surface area (Å²) in [6.45, 7) is 2.15. The van der Waals surface area contributed by atoms with Crippen LogP contribution in [0.3, 0.4) is 0 Å². The number of amides is 1. The van der Waals surface area contributed by atoms with Crippen molar-refractivity contribution in [2.45, 2.75) is 31.1 Å². The molecule has 0 fully saturated rings. The number of hydrogen-bond donors (Lipinski definition) is 2. The van der Waals surface area contributed by atoms with Crippen LogP contribution in [-0.4, -0.2) is 16.1 Å². The number of hydroxylamine groups is 1. The molecule has 0 spiro atoms. The second-order valence-electron chi connectivity index (χ2n) is 6.49. The van der Waals surface area contributed by atoms with Gasteiger partial charge in [0.15, 0.2) is 0 Å². The van der Waals surface area contributed by atoms with Crippen molar-refractivity contribution in [3.05, 3.63) is 87.3 Å². The van der Waals surface area contributed by atoms with E-state index in [1.54, 1.807) is 11.7 Å². The lowest BCUT2D eigenvalue weighted by molar-refractivity contribution is -0.131. The number of nitrogens with one attached hydrogen (secondary N) is 1. The fourth-order valence-corrected chi connectivity index (χ4v) is 4.26. The molecule has 1 heterocycles. The lowest BCUT2D eigenvalue weighted by Crippen LogP contribution is -2.28. The van der Waals surface area contributed by atoms with Gasteiger partial charge in [0.25, 0.3) is 5.91 Å². The topological polar surface area (TPSA) is 62.2 Å². The highest BCUT2D eigenvalue weighted by molar-refractivity contribution is 7.09. The van der Waals surface area contributed by atoms with Gasteiger partial charge in [-0.1, -0.05) is 61.0 Å². The van der Waals surface area contributed by atoms with Gasteiger partial charge in [0.1, 0.15) is 5.01 Å². The fraction of sp³-hybridized carbons (Fsp3) is 0.238. The van der Waals surface area contributed by atoms with Gasteiger partial charge in [-0.25, -0.2) is 10.5 Å². The van der Waals surface area contributed by atoms with E-state index in [1.165, 1.54) is 11.3 Å². The Balaban J connectivity index is 1.96. The van der Waals surface area contributed by atoms with Crippen molar-refractivity contribution in [1.29, 1.82) is 0 Å². The summed E-state index contributed by atoms with van der Waals surface area (Å²) in [4.78, 5) is 16.7. The zero-order chi connectivity index (χ0) is 19.2. The third-order valence-corrected chi connectivity index (χ3v) is 6.03. The number of nitrogens with zero attached hydrogens (tertiary/aromatic N) is 1. The Hall–Kier alpha value is -2.21. The van der Waals surface area contributed by atoms with E-state index in [9.17, 15) is 10.0 Å². The maximum absolute atomic E-state index is 12.4. The zero-order valence-electron chi connectivity index (χ0n) is 14.9. The summed E-state index contributed by atoms with van der Waals surface area (Å²) in [7, 11) is 0. The van der Waals surface area contributed by atoms with Crippen molar-refractivity contribution >= 4 is 28.8 Å². The van der Waals surface area contributed by atoms with Gasteiger partial charge in [-0.05, 0) is 41.5 Å². The number of hydrogen-bond acceptors (Lipinski definition) is 4. The van der Waals surface area contributed by atoms with Crippen molar-refractivity contribution < 1.29 is 10.0 Å². The van der Waals surface area contributed by atoms with Gasteiger partial charge in [-0.15, -0.1) is 11.3 Å². The molecule has 0 bridgehead atoms. The van der Waals surface area contributed by atoms with Crippen LogP contribution in [0.4, 0.5) is 0 Å². The fourth-order valence-electron chi connectivity index (χ4n) is 3.39. The van der Waals surface area contributed by atoms with Crippen LogP contribution < -0.4 is 5.48 Å². The molecule has 3 rings (SSSR count). The maximum atomic E-state index is 12.4. The van der Waals surface area contributed by atoms with Crippen LogP contribution in [0.5, 0.6) is 0 Å². The Bertz CT molecular complexity index is 854. The van der Waals surface area contributed by atoms with Gasteiger partial charge in [0.05, 0.1) is 5.92 Å². The first-order valence-corrected chi connectivity index (χ1v) is 9.99. The minimum Gasteiger partial charge on any atom is -0.289 e. The Labute approximate surface area is 167 Å². The molecule has 3 unspecified atom stereocenters. The predicted octanol–water partition coefficient (Wildman–Crippen LogP) is 5.36. The Morgan fingerprint density at radius 2 is 1.85 bits per heavy atom. The van der Waals surface area contributed by atoms with E-state index in [2.05, 4.69) is 24.0 Å². The number of carbonyl (C=O) groups excluding carboxylic acids is 1. The SMILES string of the molecule is CC(c1ccc(Cl)cc1)C(CC(C(=O)NO)c1nccs1)c1ccccc1. The van der Waals surface area contributed by atoms with Crippen LogP contribution in [0.1, 0.15) is 47.2 Å². The highest BCUT2D eigenvalue weighted by Crippen LogP contribution is 2.40. The van der Waals surface area contributed by atoms with Gasteiger partial charge in [0, 0.05) is 16.6 Å². The molecule has 6 heteroatoms. The molecule has 27 heavy (non-hydrogen) atoms. The van der Waals surface area contributed by atoms with E-state index in [-0.39, 0.29) is 11.8 Å². The Morgan fingerprint density at radius 3 is 2.44 bits per heavy atom. The average Bonchev–Trinajstić information content (AvgIpc) is 3.23. The number of halogens is 1. The molecule has 1 amide bonds. The average molecular weight is 401 g/mol. The van der Waals surface area contributed by atoms with Gasteiger partial charge < -0.3 is 0 Å². The number of aromatic nitrogens is 1. The quantitative estimate of drug-likeness (QED) is 0.414. The molecule has 0 aliphatic heterocycles. The molecular formula is C21H21ClN2O2S. The minimum atomic E-state index is -0.519. The smallest absolute Gasteiger partial charge is 0.253 e. The number of carbonyl (C=O) groups is 1. The lowest BCUT2D eigenvalue weighted by atomic mass is 9.77. The van der Waals surface area contributed by atoms with Crippen molar-refractivity contribution in [1.82, 2.24) is 10.5 Å². The summed E-state index contributed by atoms with van der Waals surface area (Å²) in [5, 5.41) is 12.5. The van der Waals surface area contributed by atoms with Gasteiger partial charge >= 0.3 is 0 Å². The van der Waals surface area contributed by atoms with Crippen LogP contribution in [0.15, 0.2) is 66.2 Å². The van der Waals surface area contributed by atoms with Crippen molar-refractivity contribution in [3.63, 3.8) is 0 Å². The summed E-state index contributed by atoms with van der Waals surface area (Å²) in [5.74, 6) is -0.735. The first kappa shape index (κ1) is 19.5. The summed E-state index contributed by atoms with van der Waals surface area (Å²) >= 11 is 7.46. The summed E-state index contributed by atoms with van der Waals surface area (Å²) in [5.41, 5.74) is 4.10. The van der Waals surface area contributed by atoms with Crippen LogP contribution in [0.2, 0.25) is 5.02 Å². The van der Waals surface area contributed by atoms with E-state index in [4.69, 9.17) is 11.6 Å². The molecule has 140 valence electrons. The molecule has 3 aromatic rings. The predicted molar refractivity (Wildman–Crippen MR) is 108 cm³/mol. The van der Waals surface area contributed by atoms with Gasteiger partial charge in [0.2, 0.25) is 0 Å². The van der Waals surface area contributed by atoms with Crippen LogP contribution in [0, 0.1) is 0 Å². The second kappa shape index (κ2) is 9.13. The number of rotatable bonds is 7. The third-order valence-electron chi connectivity index (χ3n) is 4.89. The Morgan fingerprint density at radius 1 is 1.15 bits per heavy atom. The monoisotopic (exact) mass is 400 g/mol. The van der Waals surface area contributed by atoms with E-state index in [1.807, 2.05) is 47.8 Å². The van der Waals surface area contributed by atoms with Crippen molar-refractivity contribution in [2.75, 3.05) is 0 Å². The minimum absolute atomic E-state index is 0.0681. The maximum Gasteiger partial charge on any atom is 0.253 e. The summed E-state index contributed by atoms with van der Waals surface area (Å²) in [6, 6.07) is 17.9. The molecule has 3 atom stereocenters. The third kappa shape index (κ3) is 4.75. The van der Waals surface area contributed by atoms with E-state index < -0.39 is 11.8 Å². The number of benzene rings is 2. The molecule has 0 radical (unpaired) electrons. The normalized spacial score (nSPS) is 14.3. The van der Waals surface area contributed by atoms with Crippen molar-refractivity contribution in [2.24, 2.45) is 0 Å². The number of thiazole rings is 1. The van der Waals surface area contributed by atoms with Crippen LogP contribution >= 0.6 is 22.9 Å². The largest absolute Gasteiger partial charge is 0.289 e. The van der Waals surface area contributed by atoms with E-state index in [0.717, 1.165) is 11.1 Å².